The molecule has 26 heavy (non-hydrogen) atoms. The van der Waals surface area contributed by atoms with Crippen LogP contribution >= 0.6 is 15.9 Å². The molecule has 0 unspecified atom stereocenters. The van der Waals surface area contributed by atoms with Gasteiger partial charge in [0.05, 0.1) is 18.1 Å². The zero-order valence-corrected chi connectivity index (χ0v) is 15.2. The molecule has 0 aliphatic carbocycles. The highest BCUT2D eigenvalue weighted by Gasteiger charge is 2.02. The molecule has 1 N–H and O–H groups in total. The van der Waals surface area contributed by atoms with Gasteiger partial charge < -0.3 is 10.1 Å². The van der Waals surface area contributed by atoms with Crippen LogP contribution in [0.15, 0.2) is 71.5 Å². The van der Waals surface area contributed by atoms with E-state index in [1.807, 2.05) is 24.3 Å². The fraction of sp³-hybridized carbons (Fsp3) is 0.0526. The van der Waals surface area contributed by atoms with Crippen LogP contribution < -0.4 is 10.1 Å². The summed E-state index contributed by atoms with van der Waals surface area (Å²) in [6, 6.07) is 13.3. The standard InChI is InChI=1S/C19H15BrFN3O2/c20-15-4-8-18(9-5-15)26-13-24-12-17(11-22-24)23-19(25)10-3-14-1-6-16(21)7-2-14/h1-12H,13H2,(H,23,25)/b10-3+. The van der Waals surface area contributed by atoms with Gasteiger partial charge in [0, 0.05) is 10.5 Å². The van der Waals surface area contributed by atoms with Crippen LogP contribution in [0.4, 0.5) is 10.1 Å². The Labute approximate surface area is 158 Å². The van der Waals surface area contributed by atoms with Gasteiger partial charge in [0.1, 0.15) is 11.6 Å². The molecule has 1 amide bonds. The molecule has 0 aliphatic rings. The van der Waals surface area contributed by atoms with Crippen molar-refractivity contribution in [3.63, 3.8) is 0 Å². The molecule has 0 spiro atoms. The molecule has 0 atom stereocenters. The summed E-state index contributed by atoms with van der Waals surface area (Å²) in [4.78, 5) is 11.9. The van der Waals surface area contributed by atoms with Crippen LogP contribution in [-0.4, -0.2) is 15.7 Å². The molecule has 7 heteroatoms. The average Bonchev–Trinajstić information content (AvgIpc) is 3.08. The van der Waals surface area contributed by atoms with Crippen molar-refractivity contribution in [1.82, 2.24) is 9.78 Å². The zero-order valence-electron chi connectivity index (χ0n) is 13.6. The van der Waals surface area contributed by atoms with Crippen LogP contribution in [0.25, 0.3) is 6.08 Å². The highest BCUT2D eigenvalue weighted by Crippen LogP contribution is 2.16. The second-order valence-electron chi connectivity index (χ2n) is 5.37. The molecule has 0 aliphatic heterocycles. The Bertz CT molecular complexity index is 905. The lowest BCUT2D eigenvalue weighted by Gasteiger charge is -2.05. The number of carbonyl (C=O) groups excluding carboxylic acids is 1. The first kappa shape index (κ1) is 17.9. The molecule has 0 radical (unpaired) electrons. The van der Waals surface area contributed by atoms with Crippen LogP contribution in [0.5, 0.6) is 5.75 Å². The zero-order chi connectivity index (χ0) is 18.4. The third-order valence-corrected chi connectivity index (χ3v) is 3.90. The van der Waals surface area contributed by atoms with E-state index in [0.29, 0.717) is 5.69 Å². The Morgan fingerprint density at radius 1 is 1.19 bits per heavy atom. The lowest BCUT2D eigenvalue weighted by atomic mass is 10.2. The van der Waals surface area contributed by atoms with Crippen LogP contribution in [0.1, 0.15) is 5.56 Å². The quantitative estimate of drug-likeness (QED) is 0.604. The summed E-state index contributed by atoms with van der Waals surface area (Å²) in [7, 11) is 0. The van der Waals surface area contributed by atoms with E-state index in [0.717, 1.165) is 15.8 Å². The molecule has 3 rings (SSSR count). The number of nitrogens with one attached hydrogen (secondary N) is 1. The molecular formula is C19H15BrFN3O2. The number of hydrogen-bond acceptors (Lipinski definition) is 3. The number of rotatable bonds is 6. The van der Waals surface area contributed by atoms with Gasteiger partial charge in [-0.3, -0.25) is 4.79 Å². The van der Waals surface area contributed by atoms with E-state index in [2.05, 4.69) is 26.3 Å². The van der Waals surface area contributed by atoms with Crippen molar-refractivity contribution in [2.24, 2.45) is 0 Å². The van der Waals surface area contributed by atoms with E-state index in [1.165, 1.54) is 24.4 Å². The summed E-state index contributed by atoms with van der Waals surface area (Å²) in [6.07, 6.45) is 6.19. The molecule has 3 aromatic rings. The number of hydrogen-bond donors (Lipinski definition) is 1. The summed E-state index contributed by atoms with van der Waals surface area (Å²) in [6.45, 7) is 0.225. The van der Waals surface area contributed by atoms with E-state index in [-0.39, 0.29) is 18.5 Å². The number of ether oxygens (including phenoxy) is 1. The van der Waals surface area contributed by atoms with Crippen molar-refractivity contribution in [3.8, 4) is 5.75 Å². The van der Waals surface area contributed by atoms with E-state index in [9.17, 15) is 9.18 Å². The molecule has 2 aromatic carbocycles. The summed E-state index contributed by atoms with van der Waals surface area (Å²) in [5.41, 5.74) is 1.29. The Balaban J connectivity index is 1.51. The summed E-state index contributed by atoms with van der Waals surface area (Å²) < 4.78 is 21.0. The van der Waals surface area contributed by atoms with Gasteiger partial charge in [-0.2, -0.15) is 5.10 Å². The Kier molecular flexibility index (Phi) is 5.80. The fourth-order valence-electron chi connectivity index (χ4n) is 2.10. The minimum atomic E-state index is -0.315. The predicted molar refractivity (Wildman–Crippen MR) is 101 cm³/mol. The maximum Gasteiger partial charge on any atom is 0.248 e. The third-order valence-electron chi connectivity index (χ3n) is 3.38. The minimum Gasteiger partial charge on any atom is -0.471 e. The topological polar surface area (TPSA) is 56.2 Å². The van der Waals surface area contributed by atoms with Gasteiger partial charge in [0.25, 0.3) is 0 Å². The monoisotopic (exact) mass is 415 g/mol. The van der Waals surface area contributed by atoms with Crippen molar-refractivity contribution in [3.05, 3.63) is 82.9 Å². The van der Waals surface area contributed by atoms with Crippen molar-refractivity contribution in [2.75, 3.05) is 5.32 Å². The maximum atomic E-state index is 12.8. The van der Waals surface area contributed by atoms with Crippen molar-refractivity contribution in [1.29, 1.82) is 0 Å². The number of aromatic nitrogens is 2. The van der Waals surface area contributed by atoms with E-state index in [4.69, 9.17) is 4.74 Å². The lowest BCUT2D eigenvalue weighted by Crippen LogP contribution is -2.08. The van der Waals surface area contributed by atoms with Gasteiger partial charge >= 0.3 is 0 Å². The number of carbonyl (C=O) groups is 1. The fourth-order valence-corrected chi connectivity index (χ4v) is 2.36. The normalized spacial score (nSPS) is 10.8. The van der Waals surface area contributed by atoms with Gasteiger partial charge in [-0.05, 0) is 48.0 Å². The molecule has 0 saturated heterocycles. The molecule has 0 bridgehead atoms. The highest BCUT2D eigenvalue weighted by atomic mass is 79.9. The second-order valence-corrected chi connectivity index (χ2v) is 6.29. The Hall–Kier alpha value is -2.93. The number of halogens is 2. The Morgan fingerprint density at radius 2 is 1.92 bits per heavy atom. The second kappa shape index (κ2) is 8.44. The largest absolute Gasteiger partial charge is 0.471 e. The van der Waals surface area contributed by atoms with Crippen molar-refractivity contribution in [2.45, 2.75) is 6.73 Å². The van der Waals surface area contributed by atoms with Gasteiger partial charge in [-0.1, -0.05) is 28.1 Å². The Morgan fingerprint density at radius 3 is 2.65 bits per heavy atom. The van der Waals surface area contributed by atoms with Gasteiger partial charge in [-0.25, -0.2) is 9.07 Å². The number of anilines is 1. The van der Waals surface area contributed by atoms with Crippen molar-refractivity contribution >= 4 is 33.6 Å². The highest BCUT2D eigenvalue weighted by molar-refractivity contribution is 9.10. The third kappa shape index (κ3) is 5.29. The molecule has 1 heterocycles. The number of nitrogens with zero attached hydrogens (tertiary/aromatic N) is 2. The van der Waals surface area contributed by atoms with Crippen LogP contribution in [0.2, 0.25) is 0 Å². The molecule has 0 fully saturated rings. The molecule has 1 aromatic heterocycles. The van der Waals surface area contributed by atoms with Crippen LogP contribution in [0, 0.1) is 5.82 Å². The van der Waals surface area contributed by atoms with E-state index < -0.39 is 0 Å². The minimum absolute atomic E-state index is 0.225. The predicted octanol–water partition coefficient (Wildman–Crippen LogP) is 4.47. The van der Waals surface area contributed by atoms with E-state index >= 15 is 0 Å². The summed E-state index contributed by atoms with van der Waals surface area (Å²) in [5, 5.41) is 6.84. The van der Waals surface area contributed by atoms with Gasteiger partial charge in [0.2, 0.25) is 5.91 Å². The number of benzene rings is 2. The van der Waals surface area contributed by atoms with Crippen LogP contribution in [-0.2, 0) is 11.5 Å². The van der Waals surface area contributed by atoms with Gasteiger partial charge in [-0.15, -0.1) is 0 Å². The first-order chi connectivity index (χ1) is 12.6. The smallest absolute Gasteiger partial charge is 0.248 e. The molecule has 0 saturated carbocycles. The van der Waals surface area contributed by atoms with Crippen LogP contribution in [0.3, 0.4) is 0 Å². The SMILES string of the molecule is O=C(/C=C/c1ccc(F)cc1)Nc1cnn(COc2ccc(Br)cc2)c1. The maximum absolute atomic E-state index is 12.8. The van der Waals surface area contributed by atoms with Gasteiger partial charge in [0.15, 0.2) is 6.73 Å². The van der Waals surface area contributed by atoms with Crippen molar-refractivity contribution < 1.29 is 13.9 Å². The average molecular weight is 416 g/mol. The lowest BCUT2D eigenvalue weighted by molar-refractivity contribution is -0.111. The summed E-state index contributed by atoms with van der Waals surface area (Å²) in [5.74, 6) is 0.101. The first-order valence-electron chi connectivity index (χ1n) is 7.74. The molecular weight excluding hydrogens is 401 g/mol. The summed E-state index contributed by atoms with van der Waals surface area (Å²) >= 11 is 3.36. The number of amides is 1. The molecule has 132 valence electrons. The van der Waals surface area contributed by atoms with E-state index in [1.54, 1.807) is 29.1 Å². The molecule has 5 nitrogen and oxygen atoms in total. The first-order valence-corrected chi connectivity index (χ1v) is 8.53.